The summed E-state index contributed by atoms with van der Waals surface area (Å²) in [6.07, 6.45) is 1.65. The minimum absolute atomic E-state index is 0.0208. The third kappa shape index (κ3) is 5.53. The lowest BCUT2D eigenvalue weighted by Crippen LogP contribution is -2.49. The van der Waals surface area contributed by atoms with Crippen LogP contribution in [-0.4, -0.2) is 75.4 Å². The van der Waals surface area contributed by atoms with Crippen molar-refractivity contribution in [3.8, 4) is 0 Å². The van der Waals surface area contributed by atoms with Gasteiger partial charge in [0.15, 0.2) is 0 Å². The van der Waals surface area contributed by atoms with Crippen molar-refractivity contribution in [2.45, 2.75) is 19.0 Å². The molecule has 7 nitrogen and oxygen atoms in total. The van der Waals surface area contributed by atoms with Gasteiger partial charge in [-0.2, -0.15) is 0 Å². The fourth-order valence-corrected chi connectivity index (χ4v) is 2.66. The van der Waals surface area contributed by atoms with E-state index in [2.05, 4.69) is 22.5 Å². The molecule has 1 aromatic heterocycles. The molecule has 2 atom stereocenters. The Labute approximate surface area is 137 Å². The zero-order chi connectivity index (χ0) is 16.7. The molecule has 0 spiro atoms. The predicted octanol–water partition coefficient (Wildman–Crippen LogP) is 0.902. The minimum atomic E-state index is -0.150. The van der Waals surface area contributed by atoms with Gasteiger partial charge >= 0.3 is 6.03 Å². The molecule has 2 unspecified atom stereocenters. The topological polar surface area (TPSA) is 70.0 Å². The number of carbonyl (C=O) groups excluding carboxylic acids is 1. The lowest BCUT2D eigenvalue weighted by molar-refractivity contribution is 0.0209. The Kier molecular flexibility index (Phi) is 6.88. The Morgan fingerprint density at radius 2 is 2.00 bits per heavy atom. The maximum absolute atomic E-state index is 12.0. The Balaban J connectivity index is 1.71. The fraction of sp³-hybridized carbons (Fsp3) is 0.688. The van der Waals surface area contributed by atoms with Crippen LogP contribution in [0.25, 0.3) is 0 Å². The molecule has 1 saturated heterocycles. The lowest BCUT2D eigenvalue weighted by Gasteiger charge is -2.32. The van der Waals surface area contributed by atoms with Crippen molar-refractivity contribution in [1.82, 2.24) is 20.4 Å². The Hall–Kier alpha value is -1.57. The standard InChI is InChI=1S/C16H28N4O3/c1-13(20-6-9-22-10-7-20)11-17-16(21)18-12-14(19(2)3)15-5-4-8-23-15/h4-5,8,13-14H,6-7,9-12H2,1-3H3,(H2,17,18,21). The molecule has 0 bridgehead atoms. The number of nitrogens with one attached hydrogen (secondary N) is 2. The molecule has 2 N–H and O–H groups in total. The highest BCUT2D eigenvalue weighted by molar-refractivity contribution is 5.73. The number of carbonyl (C=O) groups is 1. The molecule has 130 valence electrons. The molecule has 0 aliphatic carbocycles. The van der Waals surface area contributed by atoms with Gasteiger partial charge in [-0.3, -0.25) is 9.80 Å². The number of furan rings is 1. The van der Waals surface area contributed by atoms with Crippen LogP contribution in [0.1, 0.15) is 18.7 Å². The van der Waals surface area contributed by atoms with Crippen LogP contribution in [0.5, 0.6) is 0 Å². The van der Waals surface area contributed by atoms with E-state index in [0.717, 1.165) is 32.1 Å². The third-order valence-electron chi connectivity index (χ3n) is 4.18. The molecule has 2 rings (SSSR count). The van der Waals surface area contributed by atoms with Gasteiger partial charge in [0.1, 0.15) is 5.76 Å². The normalized spacial score (nSPS) is 18.6. The average Bonchev–Trinajstić information content (AvgIpc) is 3.07. The van der Waals surface area contributed by atoms with Gasteiger partial charge in [0.05, 0.1) is 25.5 Å². The Morgan fingerprint density at radius 1 is 1.30 bits per heavy atom. The summed E-state index contributed by atoms with van der Waals surface area (Å²) in [6, 6.07) is 3.95. The molecule has 1 aromatic rings. The van der Waals surface area contributed by atoms with Crippen LogP contribution in [0.2, 0.25) is 0 Å². The average molecular weight is 324 g/mol. The fourth-order valence-electron chi connectivity index (χ4n) is 2.66. The van der Waals surface area contributed by atoms with Crippen molar-refractivity contribution >= 4 is 6.03 Å². The van der Waals surface area contributed by atoms with E-state index in [0.29, 0.717) is 19.1 Å². The van der Waals surface area contributed by atoms with Gasteiger partial charge in [-0.15, -0.1) is 0 Å². The number of ether oxygens (including phenoxy) is 1. The summed E-state index contributed by atoms with van der Waals surface area (Å²) in [4.78, 5) is 16.4. The number of amides is 2. The zero-order valence-corrected chi connectivity index (χ0v) is 14.2. The Bertz CT molecular complexity index is 458. The van der Waals surface area contributed by atoms with Crippen LogP contribution in [0, 0.1) is 0 Å². The highest BCUT2D eigenvalue weighted by Crippen LogP contribution is 2.17. The molecule has 0 aromatic carbocycles. The van der Waals surface area contributed by atoms with E-state index in [-0.39, 0.29) is 12.1 Å². The van der Waals surface area contributed by atoms with Crippen LogP contribution in [0.4, 0.5) is 4.79 Å². The van der Waals surface area contributed by atoms with Gasteiger partial charge in [-0.25, -0.2) is 4.79 Å². The quantitative estimate of drug-likeness (QED) is 0.780. The largest absolute Gasteiger partial charge is 0.468 e. The monoisotopic (exact) mass is 324 g/mol. The van der Waals surface area contributed by atoms with E-state index in [1.807, 2.05) is 31.1 Å². The summed E-state index contributed by atoms with van der Waals surface area (Å²) in [5.41, 5.74) is 0. The van der Waals surface area contributed by atoms with Gasteiger partial charge in [-0.05, 0) is 33.2 Å². The molecule has 2 amide bonds. The number of likely N-dealkylation sites (N-methyl/N-ethyl adjacent to an activating group) is 1. The van der Waals surface area contributed by atoms with E-state index < -0.39 is 0 Å². The first-order valence-corrected chi connectivity index (χ1v) is 8.11. The maximum Gasteiger partial charge on any atom is 0.314 e. The maximum atomic E-state index is 12.0. The summed E-state index contributed by atoms with van der Waals surface area (Å²) >= 11 is 0. The van der Waals surface area contributed by atoms with Gasteiger partial charge in [0, 0.05) is 32.2 Å². The molecular formula is C16H28N4O3. The second kappa shape index (κ2) is 8.90. The summed E-state index contributed by atoms with van der Waals surface area (Å²) in [6.45, 7) is 6.63. The summed E-state index contributed by atoms with van der Waals surface area (Å²) in [5.74, 6) is 0.844. The van der Waals surface area contributed by atoms with Crippen molar-refractivity contribution in [3.63, 3.8) is 0 Å². The van der Waals surface area contributed by atoms with Crippen molar-refractivity contribution in [2.24, 2.45) is 0 Å². The van der Waals surface area contributed by atoms with Crippen LogP contribution >= 0.6 is 0 Å². The number of nitrogens with zero attached hydrogens (tertiary/aromatic N) is 2. The van der Waals surface area contributed by atoms with Crippen LogP contribution < -0.4 is 10.6 Å². The minimum Gasteiger partial charge on any atom is -0.468 e. The molecule has 23 heavy (non-hydrogen) atoms. The van der Waals surface area contributed by atoms with E-state index in [9.17, 15) is 4.79 Å². The third-order valence-corrected chi connectivity index (χ3v) is 4.18. The van der Waals surface area contributed by atoms with Gasteiger partial charge < -0.3 is 19.8 Å². The van der Waals surface area contributed by atoms with Crippen molar-refractivity contribution < 1.29 is 13.9 Å². The molecule has 0 radical (unpaired) electrons. The molecule has 1 fully saturated rings. The molecule has 1 aliphatic heterocycles. The van der Waals surface area contributed by atoms with Crippen molar-refractivity contribution in [3.05, 3.63) is 24.2 Å². The van der Waals surface area contributed by atoms with Crippen LogP contribution in [-0.2, 0) is 4.74 Å². The highest BCUT2D eigenvalue weighted by atomic mass is 16.5. The molecule has 1 aliphatic rings. The first-order valence-electron chi connectivity index (χ1n) is 8.11. The Morgan fingerprint density at radius 3 is 2.61 bits per heavy atom. The van der Waals surface area contributed by atoms with E-state index in [1.54, 1.807) is 6.26 Å². The van der Waals surface area contributed by atoms with E-state index in [1.165, 1.54) is 0 Å². The summed E-state index contributed by atoms with van der Waals surface area (Å²) in [5, 5.41) is 5.85. The number of hydrogen-bond acceptors (Lipinski definition) is 5. The second-order valence-corrected chi connectivity index (χ2v) is 6.08. The summed E-state index contributed by atoms with van der Waals surface area (Å²) < 4.78 is 10.8. The molecule has 7 heteroatoms. The lowest BCUT2D eigenvalue weighted by atomic mass is 10.2. The number of urea groups is 1. The van der Waals surface area contributed by atoms with Gasteiger partial charge in [-0.1, -0.05) is 0 Å². The summed E-state index contributed by atoms with van der Waals surface area (Å²) in [7, 11) is 3.93. The van der Waals surface area contributed by atoms with Crippen molar-refractivity contribution in [1.29, 1.82) is 0 Å². The number of morpholine rings is 1. The van der Waals surface area contributed by atoms with E-state index in [4.69, 9.17) is 9.15 Å². The molecular weight excluding hydrogens is 296 g/mol. The van der Waals surface area contributed by atoms with Crippen LogP contribution in [0.15, 0.2) is 22.8 Å². The van der Waals surface area contributed by atoms with E-state index >= 15 is 0 Å². The molecule has 2 heterocycles. The predicted molar refractivity (Wildman–Crippen MR) is 88.4 cm³/mol. The van der Waals surface area contributed by atoms with Gasteiger partial charge in [0.2, 0.25) is 0 Å². The highest BCUT2D eigenvalue weighted by Gasteiger charge is 2.19. The zero-order valence-electron chi connectivity index (χ0n) is 14.2. The molecule has 0 saturated carbocycles. The number of hydrogen-bond donors (Lipinski definition) is 2. The smallest absolute Gasteiger partial charge is 0.314 e. The van der Waals surface area contributed by atoms with Crippen LogP contribution in [0.3, 0.4) is 0 Å². The number of rotatable bonds is 7. The second-order valence-electron chi connectivity index (χ2n) is 6.08. The van der Waals surface area contributed by atoms with Crippen molar-refractivity contribution in [2.75, 3.05) is 53.5 Å². The first kappa shape index (κ1) is 17.8. The first-order chi connectivity index (χ1) is 11.1. The van der Waals surface area contributed by atoms with Gasteiger partial charge in [0.25, 0.3) is 0 Å². The SMILES string of the molecule is CC(CNC(=O)NCC(c1ccco1)N(C)C)N1CCOCC1.